The number of rotatable bonds is 2. The minimum absolute atomic E-state index is 0.0641. The monoisotopic (exact) mass is 270 g/mol. The Labute approximate surface area is 104 Å². The number of hydrogen-bond acceptors (Lipinski definition) is 3. The normalized spacial score (nSPS) is 11.4. The van der Waals surface area contributed by atoms with E-state index in [4.69, 9.17) is 0 Å². The van der Waals surface area contributed by atoms with Crippen molar-refractivity contribution in [3.63, 3.8) is 0 Å². The van der Waals surface area contributed by atoms with Gasteiger partial charge < -0.3 is 0 Å². The zero-order valence-electron chi connectivity index (χ0n) is 9.28. The van der Waals surface area contributed by atoms with E-state index in [1.807, 2.05) is 0 Å². The number of aromatic nitrogens is 2. The van der Waals surface area contributed by atoms with Gasteiger partial charge in [-0.25, -0.2) is 4.39 Å². The Kier molecular flexibility index (Phi) is 3.28. The van der Waals surface area contributed by atoms with Crippen LogP contribution in [-0.2, 0) is 6.18 Å². The molecule has 0 unspecified atom stereocenters. The van der Waals surface area contributed by atoms with Gasteiger partial charge in [-0.2, -0.15) is 13.2 Å². The van der Waals surface area contributed by atoms with Gasteiger partial charge in [-0.05, 0) is 18.2 Å². The third-order valence-corrected chi connectivity index (χ3v) is 2.37. The molecular formula is C12H6F4N2O. The summed E-state index contributed by atoms with van der Waals surface area (Å²) in [5.74, 6) is -0.890. The summed E-state index contributed by atoms with van der Waals surface area (Å²) in [6.45, 7) is 0. The molecule has 0 saturated carbocycles. The van der Waals surface area contributed by atoms with E-state index in [2.05, 4.69) is 9.97 Å². The van der Waals surface area contributed by atoms with Crippen molar-refractivity contribution >= 4 is 6.29 Å². The largest absolute Gasteiger partial charge is 0.433 e. The van der Waals surface area contributed by atoms with Crippen LogP contribution in [0.1, 0.15) is 16.1 Å². The van der Waals surface area contributed by atoms with Crippen LogP contribution in [-0.4, -0.2) is 16.3 Å². The fourth-order valence-electron chi connectivity index (χ4n) is 1.45. The lowest BCUT2D eigenvalue weighted by Crippen LogP contribution is -2.07. The summed E-state index contributed by atoms with van der Waals surface area (Å²) in [5.41, 5.74) is -1.45. The lowest BCUT2D eigenvalue weighted by molar-refractivity contribution is -0.141. The van der Waals surface area contributed by atoms with Gasteiger partial charge in [-0.3, -0.25) is 14.8 Å². The minimum Gasteiger partial charge on any atom is -0.298 e. The average Bonchev–Trinajstić information content (AvgIpc) is 2.38. The van der Waals surface area contributed by atoms with Crippen molar-refractivity contribution < 1.29 is 22.4 Å². The average molecular weight is 270 g/mol. The quantitative estimate of drug-likeness (QED) is 0.622. The molecule has 2 aromatic heterocycles. The van der Waals surface area contributed by atoms with Crippen molar-refractivity contribution in [2.24, 2.45) is 0 Å². The van der Waals surface area contributed by atoms with E-state index >= 15 is 0 Å². The van der Waals surface area contributed by atoms with Gasteiger partial charge in [0.25, 0.3) is 0 Å². The van der Waals surface area contributed by atoms with Gasteiger partial charge in [0.15, 0.2) is 12.1 Å². The van der Waals surface area contributed by atoms with Crippen molar-refractivity contribution in [1.82, 2.24) is 9.97 Å². The zero-order valence-corrected chi connectivity index (χ0v) is 9.28. The second kappa shape index (κ2) is 4.75. The molecule has 2 aromatic rings. The maximum Gasteiger partial charge on any atom is 0.433 e. The van der Waals surface area contributed by atoms with Crippen LogP contribution in [0.4, 0.5) is 17.6 Å². The molecule has 0 atom stereocenters. The molecular weight excluding hydrogens is 264 g/mol. The summed E-state index contributed by atoms with van der Waals surface area (Å²) in [4.78, 5) is 17.5. The van der Waals surface area contributed by atoms with Gasteiger partial charge in [0.2, 0.25) is 0 Å². The highest BCUT2D eigenvalue weighted by Gasteiger charge is 2.32. The second-order valence-corrected chi connectivity index (χ2v) is 3.61. The molecule has 0 amide bonds. The summed E-state index contributed by atoms with van der Waals surface area (Å²) in [6, 6.07) is 2.95. The van der Waals surface area contributed by atoms with Gasteiger partial charge in [0, 0.05) is 18.0 Å². The second-order valence-electron chi connectivity index (χ2n) is 3.61. The van der Waals surface area contributed by atoms with Crippen LogP contribution in [0.2, 0.25) is 0 Å². The molecule has 0 aliphatic rings. The van der Waals surface area contributed by atoms with Crippen molar-refractivity contribution in [1.29, 1.82) is 0 Å². The van der Waals surface area contributed by atoms with E-state index in [1.165, 1.54) is 12.3 Å². The van der Waals surface area contributed by atoms with Gasteiger partial charge >= 0.3 is 6.18 Å². The van der Waals surface area contributed by atoms with E-state index in [0.29, 0.717) is 6.29 Å². The molecule has 7 heteroatoms. The Morgan fingerprint density at radius 3 is 2.37 bits per heavy atom. The Morgan fingerprint density at radius 1 is 1.11 bits per heavy atom. The van der Waals surface area contributed by atoms with Crippen molar-refractivity contribution in [3.05, 3.63) is 47.7 Å². The van der Waals surface area contributed by atoms with Crippen LogP contribution in [0.3, 0.4) is 0 Å². The SMILES string of the molecule is O=Cc1ccnc(-c2ccc(C(F)(F)F)nc2)c1F. The molecule has 0 aliphatic carbocycles. The maximum atomic E-state index is 13.7. The molecule has 0 bridgehead atoms. The Bertz CT molecular complexity index is 608. The fraction of sp³-hybridized carbons (Fsp3) is 0.0833. The van der Waals surface area contributed by atoms with Crippen LogP contribution >= 0.6 is 0 Å². The van der Waals surface area contributed by atoms with E-state index < -0.39 is 17.7 Å². The van der Waals surface area contributed by atoms with Crippen LogP contribution < -0.4 is 0 Å². The molecule has 0 N–H and O–H groups in total. The first-order chi connectivity index (χ1) is 8.93. The summed E-state index contributed by atoms with van der Waals surface area (Å²) in [6.07, 6.45) is -2.20. The maximum absolute atomic E-state index is 13.7. The molecule has 2 heterocycles. The first kappa shape index (κ1) is 13.1. The number of carbonyl (C=O) groups excluding carboxylic acids is 1. The summed E-state index contributed by atoms with van der Waals surface area (Å²) >= 11 is 0. The molecule has 0 fully saturated rings. The molecule has 0 aromatic carbocycles. The third-order valence-electron chi connectivity index (χ3n) is 2.37. The highest BCUT2D eigenvalue weighted by Crippen LogP contribution is 2.29. The molecule has 0 aliphatic heterocycles. The first-order valence-electron chi connectivity index (χ1n) is 5.07. The Balaban J connectivity index is 2.46. The lowest BCUT2D eigenvalue weighted by Gasteiger charge is -2.07. The minimum atomic E-state index is -4.56. The van der Waals surface area contributed by atoms with Gasteiger partial charge in [-0.15, -0.1) is 0 Å². The molecule has 2 rings (SSSR count). The Morgan fingerprint density at radius 2 is 1.84 bits per heavy atom. The molecule has 0 radical (unpaired) electrons. The lowest BCUT2D eigenvalue weighted by atomic mass is 10.1. The number of aldehydes is 1. The highest BCUT2D eigenvalue weighted by atomic mass is 19.4. The van der Waals surface area contributed by atoms with E-state index in [-0.39, 0.29) is 16.8 Å². The van der Waals surface area contributed by atoms with Crippen LogP contribution in [0, 0.1) is 5.82 Å². The van der Waals surface area contributed by atoms with Crippen LogP contribution in [0.25, 0.3) is 11.3 Å². The fourth-order valence-corrected chi connectivity index (χ4v) is 1.45. The highest BCUT2D eigenvalue weighted by molar-refractivity contribution is 5.78. The van der Waals surface area contributed by atoms with E-state index in [9.17, 15) is 22.4 Å². The number of hydrogen-bond donors (Lipinski definition) is 0. The predicted octanol–water partition coefficient (Wildman–Crippen LogP) is 3.11. The molecule has 98 valence electrons. The Hall–Kier alpha value is -2.31. The number of halogens is 4. The van der Waals surface area contributed by atoms with E-state index in [0.717, 1.165) is 18.3 Å². The number of pyridine rings is 2. The summed E-state index contributed by atoms with van der Waals surface area (Å²) in [5, 5.41) is 0. The number of alkyl halides is 3. The summed E-state index contributed by atoms with van der Waals surface area (Å²) in [7, 11) is 0. The standard InChI is InChI=1S/C12H6F4N2O/c13-10-8(6-19)3-4-17-11(10)7-1-2-9(18-5-7)12(14,15)16/h1-6H. The third kappa shape index (κ3) is 2.59. The molecule has 19 heavy (non-hydrogen) atoms. The summed E-state index contributed by atoms with van der Waals surface area (Å²) < 4.78 is 50.7. The molecule has 0 spiro atoms. The first-order valence-corrected chi connectivity index (χ1v) is 5.07. The molecule has 3 nitrogen and oxygen atoms in total. The zero-order chi connectivity index (χ0) is 14.0. The predicted molar refractivity (Wildman–Crippen MR) is 57.8 cm³/mol. The smallest absolute Gasteiger partial charge is 0.298 e. The van der Waals surface area contributed by atoms with Gasteiger partial charge in [0.05, 0.1) is 5.56 Å². The van der Waals surface area contributed by atoms with Crippen LogP contribution in [0.5, 0.6) is 0 Å². The van der Waals surface area contributed by atoms with Gasteiger partial charge in [0.1, 0.15) is 11.4 Å². The van der Waals surface area contributed by atoms with Crippen molar-refractivity contribution in [2.75, 3.05) is 0 Å². The number of carbonyl (C=O) groups is 1. The van der Waals surface area contributed by atoms with Gasteiger partial charge in [-0.1, -0.05) is 0 Å². The van der Waals surface area contributed by atoms with Crippen LogP contribution in [0.15, 0.2) is 30.6 Å². The van der Waals surface area contributed by atoms with Crippen molar-refractivity contribution in [3.8, 4) is 11.3 Å². The topological polar surface area (TPSA) is 42.9 Å². The van der Waals surface area contributed by atoms with Crippen molar-refractivity contribution in [2.45, 2.75) is 6.18 Å². The molecule has 0 saturated heterocycles. The number of nitrogens with zero attached hydrogens (tertiary/aromatic N) is 2. The van der Waals surface area contributed by atoms with E-state index in [1.54, 1.807) is 0 Å².